The van der Waals surface area contributed by atoms with Crippen LogP contribution in [0.15, 0.2) is 187 Å². The summed E-state index contributed by atoms with van der Waals surface area (Å²) in [5.74, 6) is 3.64. The maximum Gasteiger partial charge on any atom is 0.340 e. The van der Waals surface area contributed by atoms with Gasteiger partial charge in [0, 0.05) is 61.8 Å². The maximum absolute atomic E-state index is 13.4. The van der Waals surface area contributed by atoms with Crippen LogP contribution in [0.25, 0.3) is 10.8 Å². The number of benzene rings is 7. The summed E-state index contributed by atoms with van der Waals surface area (Å²) in [6.07, 6.45) is 5.00. The van der Waals surface area contributed by atoms with E-state index in [4.69, 9.17) is 45.6 Å². The van der Waals surface area contributed by atoms with E-state index in [0.29, 0.717) is 41.5 Å². The molecular weight excluding hydrogens is 1260 g/mol. The number of hydrogen-bond acceptors (Lipinski definition) is 21. The molecule has 2 aliphatic heterocycles. The Morgan fingerprint density at radius 3 is 1.72 bits per heavy atom. The standard InChI is InChI=1S/C24H29N5O3S.C20H25ClN4O4S.C20H26N4O4S/c1-29(33(30,31)23-11-4-7-17-6-2-3-10-22(17)23)19-8-5-9-21(16-19)32-20-14-12-18(13-15-20)27-28-24(25)26;1-14-11-16(28-10-7-15(2)24-25-20-22-8-9-23-20)13-17(12-14)29-30(26,27)19-6-4-3-5-18(19)21;1-15-12-17(27-11-8-16(2)23-24-20-21-9-10-22-20)14-18(13-15)28-29(25,26)19-6-4-3-5-7-19/h2-11,16,18,20,27H,12-15H2,1H3,(H4,25,26,28);3-6,11-13,15,24H,7-10H2,1-2H3,(H2,22,23,25);3-7,12-14,16,23H,8-11H2,1-2H3,(H2,21,22,24). The molecule has 1 fully saturated rings. The van der Waals surface area contributed by atoms with Crippen molar-refractivity contribution in [2.75, 3.05) is 50.7 Å². The first-order valence-electron chi connectivity index (χ1n) is 29.9. The van der Waals surface area contributed by atoms with Gasteiger partial charge in [-0.1, -0.05) is 84.4 Å². The van der Waals surface area contributed by atoms with E-state index in [9.17, 15) is 25.3 Å². The van der Waals surface area contributed by atoms with Gasteiger partial charge >= 0.3 is 20.2 Å². The molecular formula is C64H80ClN13O11S3. The first-order valence-corrected chi connectivity index (χ1v) is 34.6. The van der Waals surface area contributed by atoms with Gasteiger partial charge < -0.3 is 50.1 Å². The van der Waals surface area contributed by atoms with Crippen LogP contribution in [-0.4, -0.2) is 114 Å². The van der Waals surface area contributed by atoms with E-state index in [1.165, 1.54) is 28.6 Å². The molecule has 0 amide bonds. The summed E-state index contributed by atoms with van der Waals surface area (Å²) in [6.45, 7) is 11.9. The van der Waals surface area contributed by atoms with E-state index in [1.807, 2.05) is 82.3 Å². The van der Waals surface area contributed by atoms with Crippen molar-refractivity contribution < 1.29 is 47.8 Å². The summed E-state index contributed by atoms with van der Waals surface area (Å²) in [7, 11) is -10.1. The second-order valence-electron chi connectivity index (χ2n) is 21.9. The van der Waals surface area contributed by atoms with Crippen LogP contribution >= 0.6 is 11.6 Å². The molecule has 492 valence electrons. The average Bonchev–Trinajstić information content (AvgIpc) is 0.818. The summed E-state index contributed by atoms with van der Waals surface area (Å²) >= 11 is 6.00. The number of guanidine groups is 3. The highest BCUT2D eigenvalue weighted by atomic mass is 35.5. The molecule has 11 N–H and O–H groups in total. The highest BCUT2D eigenvalue weighted by Gasteiger charge is 2.27. The van der Waals surface area contributed by atoms with Crippen molar-refractivity contribution in [3.63, 3.8) is 0 Å². The average molecular weight is 1340 g/mol. The van der Waals surface area contributed by atoms with Gasteiger partial charge in [-0.05, 0) is 149 Å². The first-order chi connectivity index (χ1) is 44.1. The van der Waals surface area contributed by atoms with E-state index < -0.39 is 30.3 Å². The van der Waals surface area contributed by atoms with Gasteiger partial charge in [0.05, 0.1) is 48.0 Å². The lowest BCUT2D eigenvalue weighted by atomic mass is 9.93. The SMILES string of the molecule is CN(c1cccc(OC2CCC(NN=C(N)N)CC2)c1)S(=O)(=O)c1cccc2ccccc12.Cc1cc(OCCC(C)NNC2=NCCN2)cc(OS(=O)(=O)c2ccccc2)c1.Cc1cc(OCCC(C)NNC2=NCCN2)cc(OS(=O)(=O)c2ccccc2Cl)c1. The van der Waals surface area contributed by atoms with Gasteiger partial charge in [-0.15, -0.1) is 5.10 Å². The lowest BCUT2D eigenvalue weighted by molar-refractivity contribution is 0.140. The van der Waals surface area contributed by atoms with Crippen molar-refractivity contribution >= 4 is 76.2 Å². The highest BCUT2D eigenvalue weighted by Crippen LogP contribution is 2.33. The Bertz CT molecular complexity index is 4020. The number of hydrogen-bond donors (Lipinski definition) is 9. The summed E-state index contributed by atoms with van der Waals surface area (Å²) in [5, 5.41) is 11.8. The predicted octanol–water partition coefficient (Wildman–Crippen LogP) is 7.73. The zero-order valence-corrected chi connectivity index (χ0v) is 55.0. The minimum absolute atomic E-state index is 0.0211. The minimum atomic E-state index is -4.05. The van der Waals surface area contributed by atoms with Gasteiger partial charge in [0.1, 0.15) is 38.5 Å². The Balaban J connectivity index is 0.000000178. The fourth-order valence-electron chi connectivity index (χ4n) is 9.60. The van der Waals surface area contributed by atoms with Crippen molar-refractivity contribution in [2.45, 2.75) is 105 Å². The van der Waals surface area contributed by atoms with Crippen LogP contribution in [0.2, 0.25) is 5.02 Å². The van der Waals surface area contributed by atoms with Crippen molar-refractivity contribution in [1.29, 1.82) is 0 Å². The lowest BCUT2D eigenvalue weighted by Crippen LogP contribution is -2.47. The number of nitrogens with zero attached hydrogens (tertiary/aromatic N) is 4. The molecule has 92 heavy (non-hydrogen) atoms. The van der Waals surface area contributed by atoms with Crippen LogP contribution in [-0.2, 0) is 30.3 Å². The third kappa shape index (κ3) is 20.9. The fraction of sp³-hybridized carbons (Fsp3) is 0.328. The Morgan fingerprint density at radius 2 is 1.14 bits per heavy atom. The normalized spacial score (nSPS) is 16.0. The van der Waals surface area contributed by atoms with Crippen LogP contribution in [0.3, 0.4) is 0 Å². The Morgan fingerprint density at radius 1 is 0.620 bits per heavy atom. The quantitative estimate of drug-likeness (QED) is 0.0114. The second-order valence-corrected chi connectivity index (χ2v) is 27.3. The van der Waals surface area contributed by atoms with Crippen molar-refractivity contribution in [3.8, 4) is 28.7 Å². The zero-order chi connectivity index (χ0) is 65.7. The zero-order valence-electron chi connectivity index (χ0n) is 51.8. The largest absolute Gasteiger partial charge is 0.493 e. The molecule has 10 rings (SSSR count). The van der Waals surface area contributed by atoms with Crippen LogP contribution in [0.5, 0.6) is 28.7 Å². The number of nitrogens with two attached hydrogens (primary N) is 2. The van der Waals surface area contributed by atoms with E-state index in [-0.39, 0.29) is 61.4 Å². The number of anilines is 1. The highest BCUT2D eigenvalue weighted by molar-refractivity contribution is 7.93. The van der Waals surface area contributed by atoms with Gasteiger partial charge in [0.25, 0.3) is 10.0 Å². The molecule has 0 saturated heterocycles. The molecule has 7 aromatic rings. The number of aliphatic imine (C=N–C) groups is 2. The molecule has 0 bridgehead atoms. The maximum atomic E-state index is 13.4. The Hall–Kier alpha value is -8.73. The number of hydrazine groups is 2. The number of hydrazone groups is 1. The molecule has 0 aromatic heterocycles. The van der Waals surface area contributed by atoms with Gasteiger partial charge in [-0.3, -0.25) is 25.1 Å². The lowest BCUT2D eigenvalue weighted by Gasteiger charge is -2.29. The number of ether oxygens (including phenoxy) is 3. The summed E-state index contributed by atoms with van der Waals surface area (Å²) in [5.41, 5.74) is 28.3. The molecule has 1 aliphatic carbocycles. The van der Waals surface area contributed by atoms with Crippen LogP contribution in [0, 0.1) is 13.8 Å². The molecule has 28 heteroatoms. The molecule has 2 unspecified atom stereocenters. The van der Waals surface area contributed by atoms with Gasteiger partial charge in [-0.2, -0.15) is 16.8 Å². The van der Waals surface area contributed by atoms with Crippen LogP contribution in [0.4, 0.5) is 5.69 Å². The minimum Gasteiger partial charge on any atom is -0.493 e. The fourth-order valence-corrected chi connectivity index (χ4v) is 13.3. The van der Waals surface area contributed by atoms with E-state index in [1.54, 1.807) is 85.9 Å². The predicted molar refractivity (Wildman–Crippen MR) is 360 cm³/mol. The molecule has 3 aliphatic rings. The molecule has 1 saturated carbocycles. The second kappa shape index (κ2) is 33.0. The monoisotopic (exact) mass is 1340 g/mol. The third-order valence-corrected chi connectivity index (χ3v) is 19.2. The molecule has 7 aromatic carbocycles. The van der Waals surface area contributed by atoms with E-state index >= 15 is 0 Å². The number of rotatable bonds is 25. The number of sulfonamides is 1. The topological polar surface area (TPSA) is 325 Å². The number of halogens is 1. The Kier molecular flexibility index (Phi) is 24.8. The van der Waals surface area contributed by atoms with Gasteiger partial charge in [-0.25, -0.2) is 19.3 Å². The summed E-state index contributed by atoms with van der Waals surface area (Å²) in [4.78, 5) is 8.79. The smallest absolute Gasteiger partial charge is 0.340 e. The van der Waals surface area contributed by atoms with E-state index in [0.717, 1.165) is 93.1 Å². The van der Waals surface area contributed by atoms with Crippen LogP contribution in [0.1, 0.15) is 63.5 Å². The number of fused-ring (bicyclic) bond motifs is 1. The van der Waals surface area contributed by atoms with E-state index in [2.05, 4.69) is 52.8 Å². The first kappa shape index (κ1) is 69.2. The van der Waals surface area contributed by atoms with Crippen molar-refractivity contribution in [1.82, 2.24) is 37.8 Å². The summed E-state index contributed by atoms with van der Waals surface area (Å²) < 4.78 is 106. The third-order valence-electron chi connectivity index (χ3n) is 14.4. The molecule has 24 nitrogen and oxygen atoms in total. The molecule has 2 atom stereocenters. The number of nitrogens with one attached hydrogen (secondary N) is 7. The van der Waals surface area contributed by atoms with Crippen LogP contribution < -0.4 is 76.1 Å². The molecule has 0 radical (unpaired) electrons. The molecule has 0 spiro atoms. The molecule has 2 heterocycles. The van der Waals surface area contributed by atoms with Crippen molar-refractivity contribution in [3.05, 3.63) is 174 Å². The summed E-state index contributed by atoms with van der Waals surface area (Å²) in [6, 6.07) is 44.8. The number of aryl methyl sites for hydroxylation is 2. The van der Waals surface area contributed by atoms with Gasteiger partial charge in [0.15, 0.2) is 0 Å². The van der Waals surface area contributed by atoms with Crippen molar-refractivity contribution in [2.24, 2.45) is 26.6 Å². The van der Waals surface area contributed by atoms with Gasteiger partial charge in [0.2, 0.25) is 17.9 Å². The Labute approximate surface area is 543 Å².